The molecule has 2 aliphatic carbocycles. The Kier molecular flexibility index (Phi) is 5.67. The fourth-order valence-electron chi connectivity index (χ4n) is 9.58. The van der Waals surface area contributed by atoms with Gasteiger partial charge in [-0.05, 0) is 175 Å². The summed E-state index contributed by atoms with van der Waals surface area (Å²) in [6.07, 6.45) is 0. The standard InChI is InChI=1S/C52H26N2/c1-54-34-15-3-14-33(21-34)40-23-48-47(50-27-44-38-19-7-12-31-10-5-17-36(52(31)38)42(44)25-46(40)50)22-39(32-13-2-8-29(20-32)28-53)45-24-41-35-16-4-9-30-11-6-18-37(51(30)35)43(41)26-49(45)48/h2-27H. The van der Waals surface area contributed by atoms with Gasteiger partial charge in [-0.15, -0.1) is 0 Å². The minimum atomic E-state index is 0.625. The highest BCUT2D eigenvalue weighted by atomic mass is 14.6. The molecule has 0 radical (unpaired) electrons. The van der Waals surface area contributed by atoms with Gasteiger partial charge in [0.25, 0.3) is 0 Å². The van der Waals surface area contributed by atoms with Crippen LogP contribution in [0.25, 0.3) is 125 Å². The van der Waals surface area contributed by atoms with Crippen molar-refractivity contribution in [1.82, 2.24) is 0 Å². The molecule has 0 saturated heterocycles. The molecule has 0 fully saturated rings. The normalized spacial score (nSPS) is 12.0. The van der Waals surface area contributed by atoms with E-state index < -0.39 is 0 Å². The van der Waals surface area contributed by atoms with E-state index in [1.807, 2.05) is 36.4 Å². The topological polar surface area (TPSA) is 28.1 Å². The van der Waals surface area contributed by atoms with E-state index in [4.69, 9.17) is 6.57 Å². The molecule has 0 unspecified atom stereocenters. The number of nitrogens with zero attached hydrogens (tertiary/aromatic N) is 2. The van der Waals surface area contributed by atoms with Crippen LogP contribution in [0.3, 0.4) is 0 Å². The lowest BCUT2D eigenvalue weighted by atomic mass is 9.84. The number of fused-ring (bicyclic) bond motifs is 11. The summed E-state index contributed by atoms with van der Waals surface area (Å²) in [7, 11) is 0. The van der Waals surface area contributed by atoms with Gasteiger partial charge >= 0.3 is 0 Å². The summed E-state index contributed by atoms with van der Waals surface area (Å²) in [5.74, 6) is 0. The van der Waals surface area contributed by atoms with Gasteiger partial charge in [0.05, 0.1) is 18.2 Å². The Morgan fingerprint density at radius 3 is 1.22 bits per heavy atom. The van der Waals surface area contributed by atoms with Gasteiger partial charge in [-0.25, -0.2) is 4.85 Å². The molecule has 10 aromatic carbocycles. The van der Waals surface area contributed by atoms with Crippen LogP contribution in [0.2, 0.25) is 0 Å². The lowest BCUT2D eigenvalue weighted by Gasteiger charge is -2.19. The summed E-state index contributed by atoms with van der Waals surface area (Å²) in [6, 6.07) is 59.2. The lowest BCUT2D eigenvalue weighted by Crippen LogP contribution is -1.92. The van der Waals surface area contributed by atoms with Gasteiger partial charge < -0.3 is 0 Å². The lowest BCUT2D eigenvalue weighted by molar-refractivity contribution is 1.48. The zero-order chi connectivity index (χ0) is 35.7. The molecule has 0 spiro atoms. The summed E-state index contributed by atoms with van der Waals surface area (Å²) < 4.78 is 0. The molecule has 244 valence electrons. The number of hydrogen-bond donors (Lipinski definition) is 0. The molecule has 0 heterocycles. The Hall–Kier alpha value is -7.52. The third-order valence-electron chi connectivity index (χ3n) is 11.9. The molecule has 0 amide bonds. The first-order valence-electron chi connectivity index (χ1n) is 18.3. The SMILES string of the molecule is [C-]#[N+]c1cccc(-c2cc3c4cc5c(cc4c(-c4cccc(C#N)c4)cc3c3cc4c(cc23)-c2cccc3cccc-4c23)-c2cccc3cccc-5c23)c1. The van der Waals surface area contributed by atoms with Gasteiger partial charge in [0, 0.05) is 0 Å². The van der Waals surface area contributed by atoms with Crippen LogP contribution in [0.1, 0.15) is 5.56 Å². The summed E-state index contributed by atoms with van der Waals surface area (Å²) in [4.78, 5) is 3.82. The van der Waals surface area contributed by atoms with Crippen LogP contribution in [0.15, 0.2) is 158 Å². The second kappa shape index (κ2) is 10.5. The van der Waals surface area contributed by atoms with Crippen molar-refractivity contribution in [2.24, 2.45) is 0 Å². The maximum atomic E-state index is 9.98. The Morgan fingerprint density at radius 1 is 0.370 bits per heavy atom. The largest absolute Gasteiger partial charge is 0.238 e. The molecular formula is C52H26N2. The summed E-state index contributed by atoms with van der Waals surface area (Å²) in [6.45, 7) is 7.86. The predicted molar refractivity (Wildman–Crippen MR) is 225 cm³/mol. The second-order valence-corrected chi connectivity index (χ2v) is 14.6. The van der Waals surface area contributed by atoms with E-state index in [0.717, 1.165) is 33.0 Å². The van der Waals surface area contributed by atoms with Crippen molar-refractivity contribution >= 4 is 59.5 Å². The molecular weight excluding hydrogens is 653 g/mol. The smallest absolute Gasteiger partial charge is 0.187 e. The zero-order valence-electron chi connectivity index (χ0n) is 28.9. The first-order valence-corrected chi connectivity index (χ1v) is 18.3. The van der Waals surface area contributed by atoms with Crippen LogP contribution >= 0.6 is 0 Å². The molecule has 10 aromatic rings. The Balaban J connectivity index is 1.28. The maximum absolute atomic E-state index is 9.98. The van der Waals surface area contributed by atoms with Crippen molar-refractivity contribution in [3.63, 3.8) is 0 Å². The Labute approximate surface area is 311 Å². The van der Waals surface area contributed by atoms with Gasteiger partial charge in [-0.2, -0.15) is 5.26 Å². The molecule has 12 rings (SSSR count). The highest BCUT2D eigenvalue weighted by molar-refractivity contribution is 6.29. The quantitative estimate of drug-likeness (QED) is 0.132. The van der Waals surface area contributed by atoms with E-state index in [0.29, 0.717) is 11.3 Å². The molecule has 0 atom stereocenters. The van der Waals surface area contributed by atoms with Crippen LogP contribution in [-0.4, -0.2) is 0 Å². The third kappa shape index (κ3) is 3.81. The monoisotopic (exact) mass is 678 g/mol. The molecule has 0 bridgehead atoms. The third-order valence-corrected chi connectivity index (χ3v) is 11.9. The molecule has 54 heavy (non-hydrogen) atoms. The van der Waals surface area contributed by atoms with Crippen LogP contribution in [-0.2, 0) is 0 Å². The molecule has 2 heteroatoms. The van der Waals surface area contributed by atoms with Crippen molar-refractivity contribution in [2.45, 2.75) is 0 Å². The van der Waals surface area contributed by atoms with Crippen molar-refractivity contribution in [2.75, 3.05) is 0 Å². The first kappa shape index (κ1) is 29.1. The number of benzene rings is 10. The minimum Gasteiger partial charge on any atom is -0.238 e. The van der Waals surface area contributed by atoms with Gasteiger partial charge in [-0.3, -0.25) is 0 Å². The average molecular weight is 679 g/mol. The van der Waals surface area contributed by atoms with Crippen LogP contribution in [0.5, 0.6) is 0 Å². The van der Waals surface area contributed by atoms with Crippen LogP contribution in [0, 0.1) is 17.9 Å². The van der Waals surface area contributed by atoms with Crippen LogP contribution in [0.4, 0.5) is 5.69 Å². The van der Waals surface area contributed by atoms with E-state index in [2.05, 4.69) is 132 Å². The first-order chi connectivity index (χ1) is 26.7. The van der Waals surface area contributed by atoms with E-state index in [1.165, 1.54) is 87.6 Å². The van der Waals surface area contributed by atoms with Gasteiger partial charge in [0.1, 0.15) is 0 Å². The minimum absolute atomic E-state index is 0.625. The number of hydrogen-bond acceptors (Lipinski definition) is 1. The highest BCUT2D eigenvalue weighted by Crippen LogP contribution is 2.54. The fraction of sp³-hybridized carbons (Fsp3) is 0. The average Bonchev–Trinajstić information content (AvgIpc) is 3.72. The molecule has 2 nitrogen and oxygen atoms in total. The Bertz CT molecular complexity index is 3220. The molecule has 0 aliphatic heterocycles. The summed E-state index contributed by atoms with van der Waals surface area (Å²) in [5.41, 5.74) is 15.5. The number of rotatable bonds is 2. The van der Waals surface area contributed by atoms with Crippen molar-refractivity contribution in [3.8, 4) is 72.8 Å². The van der Waals surface area contributed by atoms with E-state index in [9.17, 15) is 5.26 Å². The van der Waals surface area contributed by atoms with Gasteiger partial charge in [0.15, 0.2) is 5.69 Å². The molecule has 2 aliphatic rings. The van der Waals surface area contributed by atoms with E-state index in [1.54, 1.807) is 0 Å². The Morgan fingerprint density at radius 2 is 0.759 bits per heavy atom. The fourth-order valence-corrected chi connectivity index (χ4v) is 9.58. The summed E-state index contributed by atoms with van der Waals surface area (Å²) >= 11 is 0. The molecule has 0 aromatic heterocycles. The highest BCUT2D eigenvalue weighted by Gasteiger charge is 2.26. The second-order valence-electron chi connectivity index (χ2n) is 14.6. The van der Waals surface area contributed by atoms with Gasteiger partial charge in [0.2, 0.25) is 0 Å². The van der Waals surface area contributed by atoms with Gasteiger partial charge in [-0.1, -0.05) is 103 Å². The predicted octanol–water partition coefficient (Wildman–Crippen LogP) is 14.5. The number of nitriles is 1. The summed E-state index contributed by atoms with van der Waals surface area (Å²) in [5, 5.41) is 22.1. The van der Waals surface area contributed by atoms with Crippen molar-refractivity contribution < 1.29 is 0 Å². The maximum Gasteiger partial charge on any atom is 0.187 e. The van der Waals surface area contributed by atoms with Crippen molar-refractivity contribution in [3.05, 3.63) is 175 Å². The van der Waals surface area contributed by atoms with E-state index in [-0.39, 0.29) is 0 Å². The zero-order valence-corrected chi connectivity index (χ0v) is 28.9. The van der Waals surface area contributed by atoms with Crippen molar-refractivity contribution in [1.29, 1.82) is 5.26 Å². The van der Waals surface area contributed by atoms with E-state index >= 15 is 0 Å². The van der Waals surface area contributed by atoms with Crippen LogP contribution < -0.4 is 0 Å². The molecule has 0 N–H and O–H groups in total. The molecule has 0 saturated carbocycles.